The molecule has 0 bridgehead atoms. The van der Waals surface area contributed by atoms with Crippen molar-refractivity contribution in [2.75, 3.05) is 6.54 Å². The van der Waals surface area contributed by atoms with E-state index >= 15 is 0 Å². The number of phenolic OH excluding ortho intramolecular Hbond substituents is 1. The first kappa shape index (κ1) is 18.5. The zero-order valence-electron chi connectivity index (χ0n) is 14.4. The number of hydrogen-bond donors (Lipinski definition) is 2. The summed E-state index contributed by atoms with van der Waals surface area (Å²) in [4.78, 5) is 24.2. The summed E-state index contributed by atoms with van der Waals surface area (Å²) in [5.41, 5.74) is 1.45. The second-order valence-corrected chi connectivity index (χ2v) is 5.86. The third-order valence-electron chi connectivity index (χ3n) is 4.04. The van der Waals surface area contributed by atoms with Gasteiger partial charge >= 0.3 is 5.97 Å². The van der Waals surface area contributed by atoms with Crippen LogP contribution in [0.5, 0.6) is 5.75 Å². The summed E-state index contributed by atoms with van der Waals surface area (Å²) in [5, 5.41) is 12.1. The van der Waals surface area contributed by atoms with Crippen LogP contribution in [0.1, 0.15) is 42.1 Å². The number of amides is 1. The quantitative estimate of drug-likeness (QED) is 0.758. The van der Waals surface area contributed by atoms with E-state index in [1.807, 2.05) is 30.3 Å². The maximum Gasteiger partial charge on any atom is 0.338 e. The maximum atomic E-state index is 12.2. The van der Waals surface area contributed by atoms with E-state index in [4.69, 9.17) is 4.74 Å². The summed E-state index contributed by atoms with van der Waals surface area (Å²) in [7, 11) is 0. The average molecular weight is 341 g/mol. The van der Waals surface area contributed by atoms with Crippen molar-refractivity contribution < 1.29 is 19.4 Å². The predicted molar refractivity (Wildman–Crippen MR) is 95.5 cm³/mol. The second kappa shape index (κ2) is 8.87. The Morgan fingerprint density at radius 2 is 1.72 bits per heavy atom. The Hall–Kier alpha value is -2.82. The minimum atomic E-state index is -0.894. The van der Waals surface area contributed by atoms with Gasteiger partial charge in [-0.15, -0.1) is 0 Å². The number of aromatic hydroxyl groups is 1. The fraction of sp³-hybridized carbons (Fsp3) is 0.300. The van der Waals surface area contributed by atoms with Crippen molar-refractivity contribution in [1.29, 1.82) is 0 Å². The van der Waals surface area contributed by atoms with Crippen LogP contribution in [0.2, 0.25) is 0 Å². The van der Waals surface area contributed by atoms with E-state index in [2.05, 4.69) is 12.2 Å². The molecule has 2 rings (SSSR count). The normalized spacial score (nSPS) is 12.9. The molecule has 0 fully saturated rings. The molecule has 0 spiro atoms. The third kappa shape index (κ3) is 5.35. The van der Waals surface area contributed by atoms with Gasteiger partial charge in [0.05, 0.1) is 5.56 Å². The van der Waals surface area contributed by atoms with Gasteiger partial charge < -0.3 is 15.2 Å². The molecule has 0 aliphatic carbocycles. The van der Waals surface area contributed by atoms with E-state index in [0.29, 0.717) is 6.54 Å². The molecule has 2 aromatic carbocycles. The molecule has 25 heavy (non-hydrogen) atoms. The summed E-state index contributed by atoms with van der Waals surface area (Å²) < 4.78 is 5.18. The van der Waals surface area contributed by atoms with Gasteiger partial charge in [-0.25, -0.2) is 4.79 Å². The van der Waals surface area contributed by atoms with Gasteiger partial charge in [0.2, 0.25) is 0 Å². The molecule has 5 nitrogen and oxygen atoms in total. The van der Waals surface area contributed by atoms with E-state index in [-0.39, 0.29) is 23.1 Å². The first-order chi connectivity index (χ1) is 12.0. The smallest absolute Gasteiger partial charge is 0.338 e. The zero-order chi connectivity index (χ0) is 18.2. The largest absolute Gasteiger partial charge is 0.508 e. The molecule has 0 radical (unpaired) electrons. The van der Waals surface area contributed by atoms with Gasteiger partial charge in [-0.05, 0) is 43.2 Å². The molecule has 0 heterocycles. The highest BCUT2D eigenvalue weighted by Gasteiger charge is 2.20. The van der Waals surface area contributed by atoms with E-state index in [9.17, 15) is 14.7 Å². The van der Waals surface area contributed by atoms with E-state index in [1.54, 1.807) is 0 Å². The molecule has 1 amide bonds. The number of carbonyl (C=O) groups excluding carboxylic acids is 2. The van der Waals surface area contributed by atoms with Gasteiger partial charge in [0, 0.05) is 12.5 Å². The molecule has 5 heteroatoms. The van der Waals surface area contributed by atoms with Crippen LogP contribution in [0.4, 0.5) is 0 Å². The van der Waals surface area contributed by atoms with Crippen LogP contribution < -0.4 is 5.32 Å². The van der Waals surface area contributed by atoms with Crippen molar-refractivity contribution in [3.8, 4) is 5.75 Å². The summed E-state index contributed by atoms with van der Waals surface area (Å²) in [6, 6.07) is 15.7. The number of benzene rings is 2. The molecular weight excluding hydrogens is 318 g/mol. The van der Waals surface area contributed by atoms with Gasteiger partial charge in [0.15, 0.2) is 6.10 Å². The SMILES string of the molecule is CC[C@H](CNC(=O)[C@@H](C)OC(=O)c1ccc(O)cc1)c1ccccc1. The van der Waals surface area contributed by atoms with Crippen molar-refractivity contribution in [1.82, 2.24) is 5.32 Å². The number of phenols is 1. The first-order valence-corrected chi connectivity index (χ1v) is 8.34. The third-order valence-corrected chi connectivity index (χ3v) is 4.04. The fourth-order valence-electron chi connectivity index (χ4n) is 2.47. The van der Waals surface area contributed by atoms with Gasteiger partial charge in [0.1, 0.15) is 5.75 Å². The van der Waals surface area contributed by atoms with Crippen molar-refractivity contribution in [2.45, 2.75) is 32.3 Å². The molecule has 0 aliphatic heterocycles. The fourth-order valence-corrected chi connectivity index (χ4v) is 2.47. The van der Waals surface area contributed by atoms with Crippen LogP contribution in [-0.2, 0) is 9.53 Å². The number of rotatable bonds is 7. The minimum Gasteiger partial charge on any atom is -0.508 e. The van der Waals surface area contributed by atoms with Crippen LogP contribution in [-0.4, -0.2) is 29.6 Å². The molecule has 0 saturated heterocycles. The molecule has 0 aromatic heterocycles. The molecular formula is C20H23NO4. The monoisotopic (exact) mass is 341 g/mol. The Labute approximate surface area is 147 Å². The molecule has 0 unspecified atom stereocenters. The van der Waals surface area contributed by atoms with Crippen molar-refractivity contribution in [3.05, 3.63) is 65.7 Å². The topological polar surface area (TPSA) is 75.6 Å². The minimum absolute atomic E-state index is 0.0638. The highest BCUT2D eigenvalue weighted by atomic mass is 16.5. The van der Waals surface area contributed by atoms with Crippen LogP contribution in [0, 0.1) is 0 Å². The van der Waals surface area contributed by atoms with Crippen molar-refractivity contribution >= 4 is 11.9 Å². The van der Waals surface area contributed by atoms with E-state index in [1.165, 1.54) is 36.8 Å². The molecule has 132 valence electrons. The lowest BCUT2D eigenvalue weighted by atomic mass is 9.96. The summed E-state index contributed by atoms with van der Waals surface area (Å²) >= 11 is 0. The standard InChI is InChI=1S/C20H23NO4/c1-3-15(16-7-5-4-6-8-16)13-21-19(23)14(2)25-20(24)17-9-11-18(22)12-10-17/h4-12,14-15,22H,3,13H2,1-2H3,(H,21,23)/t14-,15-/m1/s1. The lowest BCUT2D eigenvalue weighted by molar-refractivity contribution is -0.129. The average Bonchev–Trinajstić information content (AvgIpc) is 2.63. The molecule has 0 saturated carbocycles. The lowest BCUT2D eigenvalue weighted by Gasteiger charge is -2.18. The van der Waals surface area contributed by atoms with Gasteiger partial charge in [-0.3, -0.25) is 4.79 Å². The summed E-state index contributed by atoms with van der Waals surface area (Å²) in [5.74, 6) is -0.654. The zero-order valence-corrected chi connectivity index (χ0v) is 14.4. The predicted octanol–water partition coefficient (Wildman–Crippen LogP) is 3.25. The number of carbonyl (C=O) groups is 2. The highest BCUT2D eigenvalue weighted by Crippen LogP contribution is 2.18. The van der Waals surface area contributed by atoms with Crippen molar-refractivity contribution in [3.63, 3.8) is 0 Å². The summed E-state index contributed by atoms with van der Waals surface area (Å²) in [6.45, 7) is 4.09. The van der Waals surface area contributed by atoms with Gasteiger partial charge in [-0.2, -0.15) is 0 Å². The Kier molecular flexibility index (Phi) is 6.57. The maximum absolute atomic E-state index is 12.2. The van der Waals surface area contributed by atoms with Gasteiger partial charge in [-0.1, -0.05) is 37.3 Å². The number of hydrogen-bond acceptors (Lipinski definition) is 4. The molecule has 2 N–H and O–H groups in total. The first-order valence-electron chi connectivity index (χ1n) is 8.34. The van der Waals surface area contributed by atoms with Crippen LogP contribution in [0.15, 0.2) is 54.6 Å². The lowest BCUT2D eigenvalue weighted by Crippen LogP contribution is -2.38. The molecule has 2 atom stereocenters. The molecule has 0 aliphatic rings. The molecule has 2 aromatic rings. The van der Waals surface area contributed by atoms with Crippen LogP contribution in [0.3, 0.4) is 0 Å². The van der Waals surface area contributed by atoms with Crippen LogP contribution >= 0.6 is 0 Å². The summed E-state index contributed by atoms with van der Waals surface area (Å²) in [6.07, 6.45) is 0.000907. The van der Waals surface area contributed by atoms with E-state index in [0.717, 1.165) is 6.42 Å². The van der Waals surface area contributed by atoms with Gasteiger partial charge in [0.25, 0.3) is 5.91 Å². The van der Waals surface area contributed by atoms with Crippen molar-refractivity contribution in [2.24, 2.45) is 0 Å². The number of esters is 1. The number of nitrogens with one attached hydrogen (secondary N) is 1. The second-order valence-electron chi connectivity index (χ2n) is 5.86. The Morgan fingerprint density at radius 1 is 1.08 bits per heavy atom. The Bertz CT molecular complexity index is 697. The number of ether oxygens (including phenoxy) is 1. The Balaban J connectivity index is 1.87. The van der Waals surface area contributed by atoms with E-state index < -0.39 is 12.1 Å². The Morgan fingerprint density at radius 3 is 2.32 bits per heavy atom. The van der Waals surface area contributed by atoms with Crippen LogP contribution in [0.25, 0.3) is 0 Å². The highest BCUT2D eigenvalue weighted by molar-refractivity contribution is 5.92.